The summed E-state index contributed by atoms with van der Waals surface area (Å²) in [5.74, 6) is -0.00980. The highest BCUT2D eigenvalue weighted by molar-refractivity contribution is 5.94. The Labute approximate surface area is 188 Å². The van der Waals surface area contributed by atoms with Crippen LogP contribution in [0.3, 0.4) is 0 Å². The first-order chi connectivity index (χ1) is 15.5. The minimum Gasteiger partial charge on any atom is -0.368 e. The van der Waals surface area contributed by atoms with Crippen molar-refractivity contribution in [1.82, 2.24) is 20.0 Å². The number of aromatic amines is 1. The minimum absolute atomic E-state index is 0.0369. The summed E-state index contributed by atoms with van der Waals surface area (Å²) in [6.07, 6.45) is 2.07. The third-order valence-corrected chi connectivity index (χ3v) is 6.93. The predicted molar refractivity (Wildman–Crippen MR) is 121 cm³/mol. The summed E-state index contributed by atoms with van der Waals surface area (Å²) in [4.78, 5) is 32.2. The number of ether oxygens (including phenoxy) is 1. The summed E-state index contributed by atoms with van der Waals surface area (Å²) in [5, 5.41) is 7.41. The van der Waals surface area contributed by atoms with Gasteiger partial charge in [-0.05, 0) is 43.9 Å². The molecule has 0 bridgehead atoms. The third kappa shape index (κ3) is 3.88. The van der Waals surface area contributed by atoms with Gasteiger partial charge < -0.3 is 19.4 Å². The number of aryl methyl sites for hydroxylation is 2. The molecule has 0 aliphatic carbocycles. The summed E-state index contributed by atoms with van der Waals surface area (Å²) in [5.41, 5.74) is 6.05. The normalized spacial score (nSPS) is 21.1. The van der Waals surface area contributed by atoms with Crippen LogP contribution in [0.25, 0.3) is 0 Å². The molecule has 3 aliphatic rings. The van der Waals surface area contributed by atoms with E-state index in [2.05, 4.69) is 47.1 Å². The van der Waals surface area contributed by atoms with E-state index < -0.39 is 0 Å². The van der Waals surface area contributed by atoms with Gasteiger partial charge in [0.25, 0.3) is 11.8 Å². The van der Waals surface area contributed by atoms with Crippen LogP contribution in [0.4, 0.5) is 5.69 Å². The summed E-state index contributed by atoms with van der Waals surface area (Å²) < 4.78 is 5.58. The fraction of sp³-hybridized carbons (Fsp3) is 0.542. The van der Waals surface area contributed by atoms with Gasteiger partial charge in [-0.25, -0.2) is 0 Å². The SMILES string of the molecule is Cc1ccc(C)c(N2CCN(C(=O)c3n[nH]c4c3CN(C(=O)C3CCCO3)CC4)CC2)c1. The van der Waals surface area contributed by atoms with Gasteiger partial charge in [-0.3, -0.25) is 14.7 Å². The molecule has 4 heterocycles. The standard InChI is InChI=1S/C24H31N5O3/c1-16-5-6-17(2)20(14-16)27-9-11-28(12-10-27)24(31)22-18-15-29(8-7-19(18)25-26-22)23(30)21-4-3-13-32-21/h5-6,14,21H,3-4,7-13,15H2,1-2H3,(H,25,26). The van der Waals surface area contributed by atoms with Gasteiger partial charge in [0.1, 0.15) is 6.10 Å². The molecule has 1 aromatic heterocycles. The molecular formula is C24H31N5O3. The van der Waals surface area contributed by atoms with Gasteiger partial charge in [0.15, 0.2) is 5.69 Å². The minimum atomic E-state index is -0.333. The highest BCUT2D eigenvalue weighted by Gasteiger charge is 2.34. The number of carbonyl (C=O) groups is 2. The number of hydrogen-bond donors (Lipinski definition) is 1. The molecule has 1 atom stereocenters. The van der Waals surface area contributed by atoms with Crippen molar-refractivity contribution in [2.24, 2.45) is 0 Å². The van der Waals surface area contributed by atoms with E-state index in [0.717, 1.165) is 37.2 Å². The number of anilines is 1. The van der Waals surface area contributed by atoms with E-state index >= 15 is 0 Å². The second kappa shape index (κ2) is 8.58. The summed E-state index contributed by atoms with van der Waals surface area (Å²) in [6, 6.07) is 6.50. The topological polar surface area (TPSA) is 81.8 Å². The van der Waals surface area contributed by atoms with E-state index in [1.807, 2.05) is 9.80 Å². The zero-order valence-electron chi connectivity index (χ0n) is 18.9. The van der Waals surface area contributed by atoms with Crippen molar-refractivity contribution >= 4 is 17.5 Å². The van der Waals surface area contributed by atoms with Crippen LogP contribution in [0.2, 0.25) is 0 Å². The molecule has 0 saturated carbocycles. The average molecular weight is 438 g/mol. The molecule has 1 aromatic carbocycles. The molecule has 1 N–H and O–H groups in total. The van der Waals surface area contributed by atoms with Crippen LogP contribution < -0.4 is 4.90 Å². The Bertz CT molecular complexity index is 1020. The Morgan fingerprint density at radius 2 is 1.91 bits per heavy atom. The molecule has 3 aliphatic heterocycles. The number of piperazine rings is 1. The second-order valence-corrected chi connectivity index (χ2v) is 9.11. The molecule has 2 saturated heterocycles. The summed E-state index contributed by atoms with van der Waals surface area (Å²) in [7, 11) is 0. The molecule has 8 nitrogen and oxygen atoms in total. The lowest BCUT2D eigenvalue weighted by molar-refractivity contribution is -0.141. The molecule has 170 valence electrons. The number of nitrogens with one attached hydrogen (secondary N) is 1. The van der Waals surface area contributed by atoms with Crippen molar-refractivity contribution in [3.05, 3.63) is 46.3 Å². The zero-order valence-corrected chi connectivity index (χ0v) is 18.9. The number of fused-ring (bicyclic) bond motifs is 1. The van der Waals surface area contributed by atoms with Crippen molar-refractivity contribution in [2.75, 3.05) is 44.2 Å². The Hall–Kier alpha value is -2.87. The van der Waals surface area contributed by atoms with Crippen LogP contribution in [0.1, 0.15) is 45.7 Å². The number of benzene rings is 1. The van der Waals surface area contributed by atoms with Crippen LogP contribution in [0.5, 0.6) is 0 Å². The first-order valence-corrected chi connectivity index (χ1v) is 11.6. The van der Waals surface area contributed by atoms with Crippen molar-refractivity contribution in [2.45, 2.75) is 45.8 Å². The molecule has 5 rings (SSSR count). The maximum atomic E-state index is 13.3. The van der Waals surface area contributed by atoms with Crippen LogP contribution in [0.15, 0.2) is 18.2 Å². The molecular weight excluding hydrogens is 406 g/mol. The first kappa shape index (κ1) is 21.0. The molecule has 32 heavy (non-hydrogen) atoms. The van der Waals surface area contributed by atoms with Crippen molar-refractivity contribution < 1.29 is 14.3 Å². The smallest absolute Gasteiger partial charge is 0.274 e. The lowest BCUT2D eigenvalue weighted by Gasteiger charge is -2.37. The molecule has 1 unspecified atom stereocenters. The fourth-order valence-corrected chi connectivity index (χ4v) is 5.00. The highest BCUT2D eigenvalue weighted by Crippen LogP contribution is 2.26. The van der Waals surface area contributed by atoms with Crippen molar-refractivity contribution in [3.8, 4) is 0 Å². The van der Waals surface area contributed by atoms with Gasteiger partial charge in [-0.15, -0.1) is 0 Å². The quantitative estimate of drug-likeness (QED) is 0.795. The molecule has 2 amide bonds. The van der Waals surface area contributed by atoms with Crippen LogP contribution in [0, 0.1) is 13.8 Å². The predicted octanol–water partition coefficient (Wildman–Crippen LogP) is 2.05. The van der Waals surface area contributed by atoms with E-state index in [9.17, 15) is 9.59 Å². The number of H-pyrrole nitrogens is 1. The van der Waals surface area contributed by atoms with Crippen LogP contribution in [-0.2, 0) is 22.5 Å². The second-order valence-electron chi connectivity index (χ2n) is 9.11. The van der Waals surface area contributed by atoms with E-state index in [4.69, 9.17) is 4.74 Å². The number of rotatable bonds is 3. The number of amides is 2. The lowest BCUT2D eigenvalue weighted by atomic mass is 10.0. The zero-order chi connectivity index (χ0) is 22.2. The van der Waals surface area contributed by atoms with Gasteiger partial charge in [-0.2, -0.15) is 5.10 Å². The summed E-state index contributed by atoms with van der Waals surface area (Å²) >= 11 is 0. The number of carbonyl (C=O) groups excluding carboxylic acids is 2. The van der Waals surface area contributed by atoms with E-state index in [1.165, 1.54) is 16.8 Å². The molecule has 0 radical (unpaired) electrons. The molecule has 8 heteroatoms. The molecule has 2 aromatic rings. The van der Waals surface area contributed by atoms with Gasteiger partial charge in [0.2, 0.25) is 0 Å². The number of nitrogens with zero attached hydrogens (tertiary/aromatic N) is 4. The Morgan fingerprint density at radius 1 is 1.09 bits per heavy atom. The van der Waals surface area contributed by atoms with E-state index in [1.54, 1.807) is 0 Å². The average Bonchev–Trinajstić information content (AvgIpc) is 3.50. The van der Waals surface area contributed by atoms with Crippen LogP contribution >= 0.6 is 0 Å². The van der Waals surface area contributed by atoms with E-state index in [-0.39, 0.29) is 17.9 Å². The number of aromatic nitrogens is 2. The first-order valence-electron chi connectivity index (χ1n) is 11.6. The van der Waals surface area contributed by atoms with E-state index in [0.29, 0.717) is 44.9 Å². The van der Waals surface area contributed by atoms with Gasteiger partial charge in [0, 0.05) is 69.2 Å². The van der Waals surface area contributed by atoms with Crippen LogP contribution in [-0.4, -0.2) is 77.2 Å². The highest BCUT2D eigenvalue weighted by atomic mass is 16.5. The van der Waals surface area contributed by atoms with Gasteiger partial charge >= 0.3 is 0 Å². The molecule has 0 spiro atoms. The largest absolute Gasteiger partial charge is 0.368 e. The maximum Gasteiger partial charge on any atom is 0.274 e. The van der Waals surface area contributed by atoms with Crippen molar-refractivity contribution in [3.63, 3.8) is 0 Å². The third-order valence-electron chi connectivity index (χ3n) is 6.93. The van der Waals surface area contributed by atoms with Crippen molar-refractivity contribution in [1.29, 1.82) is 0 Å². The fourth-order valence-electron chi connectivity index (χ4n) is 5.00. The molecule has 2 fully saturated rings. The van der Waals surface area contributed by atoms with Gasteiger partial charge in [0.05, 0.1) is 0 Å². The van der Waals surface area contributed by atoms with Gasteiger partial charge in [-0.1, -0.05) is 12.1 Å². The Morgan fingerprint density at radius 3 is 2.66 bits per heavy atom. The monoisotopic (exact) mass is 437 g/mol. The Balaban J connectivity index is 1.26. The summed E-state index contributed by atoms with van der Waals surface area (Å²) in [6.45, 7) is 8.86. The Kier molecular flexibility index (Phi) is 5.63. The maximum absolute atomic E-state index is 13.3. The number of hydrogen-bond acceptors (Lipinski definition) is 5. The lowest BCUT2D eigenvalue weighted by Crippen LogP contribution is -2.49.